The summed E-state index contributed by atoms with van der Waals surface area (Å²) < 4.78 is 0. The average Bonchev–Trinajstić information content (AvgIpc) is 2.40. The number of nitrogens with zero attached hydrogens (tertiary/aromatic N) is 3. The normalized spacial score (nSPS) is 11.1. The van der Waals surface area contributed by atoms with E-state index in [0.29, 0.717) is 0 Å². The standard InChI is InChI=1S/C10H13N3O/c1-5-6(2)11-7(3)9-8(4)13(14)12-10(5)9/h14H,1-4H3. The van der Waals surface area contributed by atoms with E-state index >= 15 is 0 Å². The van der Waals surface area contributed by atoms with Gasteiger partial charge in [-0.25, -0.2) is 0 Å². The third-order valence-electron chi connectivity index (χ3n) is 2.69. The molecule has 2 rings (SSSR count). The summed E-state index contributed by atoms with van der Waals surface area (Å²) in [5.74, 6) is 0. The van der Waals surface area contributed by atoms with Crippen LogP contribution < -0.4 is 0 Å². The van der Waals surface area contributed by atoms with E-state index in [1.807, 2.05) is 27.7 Å². The van der Waals surface area contributed by atoms with Crippen LogP contribution in [0.4, 0.5) is 0 Å². The Bertz CT molecular complexity index is 514. The fourth-order valence-corrected chi connectivity index (χ4v) is 1.75. The van der Waals surface area contributed by atoms with Gasteiger partial charge in [-0.15, -0.1) is 9.94 Å². The molecule has 0 saturated heterocycles. The number of pyridine rings is 1. The van der Waals surface area contributed by atoms with Crippen LogP contribution in [0.1, 0.15) is 22.6 Å². The summed E-state index contributed by atoms with van der Waals surface area (Å²) >= 11 is 0. The van der Waals surface area contributed by atoms with E-state index in [4.69, 9.17) is 0 Å². The molecule has 0 saturated carbocycles. The SMILES string of the molecule is Cc1nc(C)c2c(C)n(O)nc2c1C. The number of aromatic nitrogens is 3. The molecule has 2 heterocycles. The average molecular weight is 191 g/mol. The zero-order valence-electron chi connectivity index (χ0n) is 8.79. The van der Waals surface area contributed by atoms with Gasteiger partial charge in [0.1, 0.15) is 5.52 Å². The Morgan fingerprint density at radius 1 is 1.07 bits per heavy atom. The lowest BCUT2D eigenvalue weighted by atomic mass is 10.1. The van der Waals surface area contributed by atoms with Crippen molar-refractivity contribution < 1.29 is 5.21 Å². The third kappa shape index (κ3) is 0.999. The maximum atomic E-state index is 9.46. The van der Waals surface area contributed by atoms with Gasteiger partial charge >= 0.3 is 0 Å². The highest BCUT2D eigenvalue weighted by Gasteiger charge is 2.13. The Morgan fingerprint density at radius 3 is 2.36 bits per heavy atom. The molecule has 74 valence electrons. The van der Waals surface area contributed by atoms with Gasteiger partial charge < -0.3 is 5.21 Å². The van der Waals surface area contributed by atoms with Crippen LogP contribution in [0.15, 0.2) is 0 Å². The van der Waals surface area contributed by atoms with Crippen LogP contribution in [0.25, 0.3) is 10.9 Å². The van der Waals surface area contributed by atoms with Gasteiger partial charge in [0.15, 0.2) is 0 Å². The lowest BCUT2D eigenvalue weighted by molar-refractivity contribution is 0.145. The Hall–Kier alpha value is -1.58. The summed E-state index contributed by atoms with van der Waals surface area (Å²) in [6.45, 7) is 7.69. The van der Waals surface area contributed by atoms with Gasteiger partial charge in [0.25, 0.3) is 0 Å². The second-order valence-corrected chi connectivity index (χ2v) is 3.61. The lowest BCUT2D eigenvalue weighted by Gasteiger charge is -2.02. The van der Waals surface area contributed by atoms with Gasteiger partial charge in [-0.1, -0.05) is 0 Å². The van der Waals surface area contributed by atoms with Crippen LogP contribution in [0.2, 0.25) is 0 Å². The van der Waals surface area contributed by atoms with E-state index in [0.717, 1.165) is 38.4 Å². The van der Waals surface area contributed by atoms with Crippen molar-refractivity contribution in [1.29, 1.82) is 0 Å². The van der Waals surface area contributed by atoms with E-state index < -0.39 is 0 Å². The molecule has 0 spiro atoms. The molecule has 0 radical (unpaired) electrons. The molecule has 0 unspecified atom stereocenters. The smallest absolute Gasteiger partial charge is 0.103 e. The Labute approximate surface area is 82.1 Å². The topological polar surface area (TPSA) is 50.9 Å². The molecule has 0 amide bonds. The molecule has 2 aromatic heterocycles. The van der Waals surface area contributed by atoms with Gasteiger partial charge in [-0.3, -0.25) is 4.98 Å². The van der Waals surface area contributed by atoms with Crippen molar-refractivity contribution in [1.82, 2.24) is 14.9 Å². The predicted molar refractivity (Wildman–Crippen MR) is 53.7 cm³/mol. The van der Waals surface area contributed by atoms with Crippen molar-refractivity contribution in [3.05, 3.63) is 22.6 Å². The first-order valence-corrected chi connectivity index (χ1v) is 4.54. The van der Waals surface area contributed by atoms with E-state index in [-0.39, 0.29) is 0 Å². The summed E-state index contributed by atoms with van der Waals surface area (Å²) in [4.78, 5) is 5.33. The van der Waals surface area contributed by atoms with Crippen molar-refractivity contribution in [2.75, 3.05) is 0 Å². The quantitative estimate of drug-likeness (QED) is 0.647. The summed E-state index contributed by atoms with van der Waals surface area (Å²) in [7, 11) is 0. The molecule has 0 aliphatic heterocycles. The fourth-order valence-electron chi connectivity index (χ4n) is 1.75. The monoisotopic (exact) mass is 191 g/mol. The van der Waals surface area contributed by atoms with Crippen LogP contribution in [0, 0.1) is 27.7 Å². The third-order valence-corrected chi connectivity index (χ3v) is 2.69. The summed E-state index contributed by atoms with van der Waals surface area (Å²) in [6, 6.07) is 0. The lowest BCUT2D eigenvalue weighted by Crippen LogP contribution is -1.93. The number of hydrogen-bond acceptors (Lipinski definition) is 3. The minimum absolute atomic E-state index is 0.744. The van der Waals surface area contributed by atoms with Gasteiger partial charge in [0, 0.05) is 16.8 Å². The van der Waals surface area contributed by atoms with Crippen molar-refractivity contribution in [2.45, 2.75) is 27.7 Å². The van der Waals surface area contributed by atoms with E-state index in [1.165, 1.54) is 0 Å². The minimum atomic E-state index is 0.744. The Balaban J connectivity index is 3.02. The van der Waals surface area contributed by atoms with Crippen molar-refractivity contribution in [3.63, 3.8) is 0 Å². The fraction of sp³-hybridized carbons (Fsp3) is 0.400. The molecule has 0 fully saturated rings. The molecule has 2 aromatic rings. The predicted octanol–water partition coefficient (Wildman–Crippen LogP) is 1.90. The van der Waals surface area contributed by atoms with Crippen molar-refractivity contribution in [3.8, 4) is 0 Å². The van der Waals surface area contributed by atoms with E-state index in [1.54, 1.807) is 0 Å². The number of rotatable bonds is 0. The van der Waals surface area contributed by atoms with Gasteiger partial charge in [-0.05, 0) is 33.3 Å². The van der Waals surface area contributed by atoms with Crippen LogP contribution in [0.5, 0.6) is 0 Å². The summed E-state index contributed by atoms with van der Waals surface area (Å²) in [5.41, 5.74) is 4.50. The molecule has 1 N–H and O–H groups in total. The zero-order chi connectivity index (χ0) is 10.5. The molecule has 0 atom stereocenters. The van der Waals surface area contributed by atoms with Crippen LogP contribution in [-0.2, 0) is 0 Å². The zero-order valence-corrected chi connectivity index (χ0v) is 8.79. The molecule has 0 bridgehead atoms. The van der Waals surface area contributed by atoms with Gasteiger partial charge in [-0.2, -0.15) is 0 Å². The largest absolute Gasteiger partial charge is 0.411 e. The molecular formula is C10H13N3O. The Morgan fingerprint density at radius 2 is 1.71 bits per heavy atom. The highest BCUT2D eigenvalue weighted by Crippen LogP contribution is 2.24. The molecule has 0 aromatic carbocycles. The highest BCUT2D eigenvalue weighted by atomic mass is 16.5. The summed E-state index contributed by atoms with van der Waals surface area (Å²) in [5, 5.41) is 14.5. The molecule has 4 nitrogen and oxygen atoms in total. The van der Waals surface area contributed by atoms with Gasteiger partial charge in [0.2, 0.25) is 0 Å². The second-order valence-electron chi connectivity index (χ2n) is 3.61. The van der Waals surface area contributed by atoms with E-state index in [2.05, 4.69) is 10.1 Å². The Kier molecular flexibility index (Phi) is 1.74. The maximum Gasteiger partial charge on any atom is 0.103 e. The highest BCUT2D eigenvalue weighted by molar-refractivity contribution is 5.86. The second kappa shape index (κ2) is 2.70. The first-order chi connectivity index (χ1) is 6.52. The molecule has 14 heavy (non-hydrogen) atoms. The van der Waals surface area contributed by atoms with Crippen LogP contribution >= 0.6 is 0 Å². The first kappa shape index (κ1) is 8.99. The number of aryl methyl sites for hydroxylation is 4. The summed E-state index contributed by atoms with van der Waals surface area (Å²) in [6.07, 6.45) is 0. The van der Waals surface area contributed by atoms with Crippen molar-refractivity contribution >= 4 is 10.9 Å². The van der Waals surface area contributed by atoms with Crippen LogP contribution in [0.3, 0.4) is 0 Å². The first-order valence-electron chi connectivity index (χ1n) is 4.54. The number of fused-ring (bicyclic) bond motifs is 1. The molecular weight excluding hydrogens is 178 g/mol. The maximum absolute atomic E-state index is 9.46. The molecule has 4 heteroatoms. The van der Waals surface area contributed by atoms with Crippen LogP contribution in [-0.4, -0.2) is 20.1 Å². The van der Waals surface area contributed by atoms with Gasteiger partial charge in [0.05, 0.1) is 5.69 Å². The molecule has 0 aliphatic carbocycles. The minimum Gasteiger partial charge on any atom is -0.411 e. The number of hydrogen-bond donors (Lipinski definition) is 1. The molecule has 0 aliphatic rings. The van der Waals surface area contributed by atoms with E-state index in [9.17, 15) is 5.21 Å². The van der Waals surface area contributed by atoms with Crippen molar-refractivity contribution in [2.24, 2.45) is 0 Å².